The van der Waals surface area contributed by atoms with Gasteiger partial charge in [-0.05, 0) is 67.9 Å². The Morgan fingerprint density at radius 1 is 0.892 bits per heavy atom. The average molecular weight is 542 g/mol. The lowest BCUT2D eigenvalue weighted by molar-refractivity contribution is -0.132. The van der Waals surface area contributed by atoms with E-state index in [4.69, 9.17) is 37.4 Å². The van der Waals surface area contributed by atoms with E-state index in [1.165, 1.54) is 24.1 Å². The van der Waals surface area contributed by atoms with Crippen molar-refractivity contribution < 1.29 is 28.9 Å². The van der Waals surface area contributed by atoms with Crippen molar-refractivity contribution in [3.63, 3.8) is 0 Å². The van der Waals surface area contributed by atoms with E-state index in [2.05, 4.69) is 0 Å². The van der Waals surface area contributed by atoms with Gasteiger partial charge in [0.15, 0.2) is 5.75 Å². The smallest absolute Gasteiger partial charge is 0.300 e. The van der Waals surface area contributed by atoms with Gasteiger partial charge in [-0.15, -0.1) is 0 Å². The Morgan fingerprint density at radius 2 is 1.41 bits per heavy atom. The monoisotopic (exact) mass is 541 g/mol. The summed E-state index contributed by atoms with van der Waals surface area (Å²) in [4.78, 5) is 28.1. The van der Waals surface area contributed by atoms with Crippen molar-refractivity contribution in [3.05, 3.63) is 87.4 Å². The summed E-state index contributed by atoms with van der Waals surface area (Å²) in [5.74, 6) is -0.528. The third-order valence-corrected chi connectivity index (χ3v) is 6.41. The number of Topliss-reactive ketones (excluding diaryl/α,β-unsaturated/α-hetero) is 1. The van der Waals surface area contributed by atoms with Crippen LogP contribution in [0.5, 0.6) is 17.2 Å². The highest BCUT2D eigenvalue weighted by molar-refractivity contribution is 6.51. The molecule has 4 rings (SSSR count). The summed E-state index contributed by atoms with van der Waals surface area (Å²) in [6.07, 6.45) is 0. The van der Waals surface area contributed by atoms with Gasteiger partial charge in [0.25, 0.3) is 11.7 Å². The number of hydrogen-bond donors (Lipinski definition) is 1. The zero-order chi connectivity index (χ0) is 26.7. The van der Waals surface area contributed by atoms with Crippen molar-refractivity contribution in [3.8, 4) is 17.2 Å². The van der Waals surface area contributed by atoms with Gasteiger partial charge >= 0.3 is 0 Å². The molecule has 1 amide bonds. The fourth-order valence-electron chi connectivity index (χ4n) is 4.24. The maximum absolute atomic E-state index is 13.4. The van der Waals surface area contributed by atoms with Crippen molar-refractivity contribution in [2.75, 3.05) is 25.2 Å². The van der Waals surface area contributed by atoms with Crippen LogP contribution in [0.4, 0.5) is 5.69 Å². The van der Waals surface area contributed by atoms with Gasteiger partial charge < -0.3 is 19.3 Å². The third kappa shape index (κ3) is 5.10. The van der Waals surface area contributed by atoms with Gasteiger partial charge in [0.1, 0.15) is 17.3 Å². The highest BCUT2D eigenvalue weighted by atomic mass is 35.5. The van der Waals surface area contributed by atoms with Crippen LogP contribution in [0.3, 0.4) is 0 Å². The standard InChI is InChI=1S/C28H25Cl2NO6/c1-4-36-19-10-6-16(7-11-19)24-23(25(32)17-14-21(29)27(35-3)22(30)15-17)26(33)28(34)31(24)18-8-12-20(13-9-18)37-5-2/h6-15,24,32H,4-5H2,1-3H3/b25-23+. The van der Waals surface area contributed by atoms with Crippen LogP contribution in [0.1, 0.15) is 31.0 Å². The molecule has 1 heterocycles. The first-order valence-corrected chi connectivity index (χ1v) is 12.4. The summed E-state index contributed by atoms with van der Waals surface area (Å²) in [7, 11) is 1.42. The molecule has 7 nitrogen and oxygen atoms in total. The SMILES string of the molecule is CCOc1ccc(C2/C(=C(\O)c3cc(Cl)c(OC)c(Cl)c3)C(=O)C(=O)N2c2ccc(OCC)cc2)cc1. The van der Waals surface area contributed by atoms with E-state index in [1.807, 2.05) is 13.8 Å². The number of hydrogen-bond acceptors (Lipinski definition) is 6. The molecule has 3 aromatic carbocycles. The number of ether oxygens (including phenoxy) is 3. The van der Waals surface area contributed by atoms with Gasteiger partial charge in [-0.25, -0.2) is 0 Å². The van der Waals surface area contributed by atoms with Crippen molar-refractivity contribution in [2.24, 2.45) is 0 Å². The minimum atomic E-state index is -0.923. The summed E-state index contributed by atoms with van der Waals surface area (Å²) < 4.78 is 16.2. The van der Waals surface area contributed by atoms with Gasteiger partial charge in [0.2, 0.25) is 0 Å². The molecular formula is C28H25Cl2NO6. The van der Waals surface area contributed by atoms with E-state index in [0.29, 0.717) is 36.0 Å². The first-order chi connectivity index (χ1) is 17.8. The van der Waals surface area contributed by atoms with Crippen LogP contribution in [0.15, 0.2) is 66.2 Å². The van der Waals surface area contributed by atoms with Crippen LogP contribution in [-0.2, 0) is 9.59 Å². The number of benzene rings is 3. The number of aliphatic hydroxyl groups is 1. The molecule has 1 saturated heterocycles. The third-order valence-electron chi connectivity index (χ3n) is 5.85. The molecule has 1 aliphatic rings. The van der Waals surface area contributed by atoms with Crippen LogP contribution in [0.2, 0.25) is 10.0 Å². The number of halogens is 2. The van der Waals surface area contributed by atoms with E-state index >= 15 is 0 Å². The fourth-order valence-corrected chi connectivity index (χ4v) is 4.89. The predicted molar refractivity (Wildman–Crippen MR) is 143 cm³/mol. The number of nitrogens with zero attached hydrogens (tertiary/aromatic N) is 1. The van der Waals surface area contributed by atoms with E-state index < -0.39 is 23.5 Å². The molecule has 37 heavy (non-hydrogen) atoms. The van der Waals surface area contributed by atoms with Crippen molar-refractivity contribution in [1.29, 1.82) is 0 Å². The molecule has 0 aliphatic carbocycles. The van der Waals surface area contributed by atoms with Crippen molar-refractivity contribution in [1.82, 2.24) is 0 Å². The molecule has 9 heteroatoms. The molecule has 192 valence electrons. The number of aliphatic hydroxyl groups excluding tert-OH is 1. The molecular weight excluding hydrogens is 517 g/mol. The second-order valence-electron chi connectivity index (χ2n) is 8.07. The molecule has 1 aliphatic heterocycles. The van der Waals surface area contributed by atoms with Crippen molar-refractivity contribution in [2.45, 2.75) is 19.9 Å². The van der Waals surface area contributed by atoms with E-state index in [9.17, 15) is 14.7 Å². The first-order valence-electron chi connectivity index (χ1n) is 11.6. The van der Waals surface area contributed by atoms with Gasteiger partial charge in [-0.3, -0.25) is 14.5 Å². The first kappa shape index (κ1) is 26.4. The molecule has 0 bridgehead atoms. The lowest BCUT2D eigenvalue weighted by atomic mass is 9.95. The summed E-state index contributed by atoms with van der Waals surface area (Å²) in [6.45, 7) is 4.72. The van der Waals surface area contributed by atoms with E-state index in [0.717, 1.165) is 0 Å². The Labute approximate surface area is 224 Å². The highest BCUT2D eigenvalue weighted by Gasteiger charge is 2.47. The Morgan fingerprint density at radius 3 is 1.89 bits per heavy atom. The molecule has 1 atom stereocenters. The van der Waals surface area contributed by atoms with E-state index in [-0.39, 0.29) is 26.9 Å². The van der Waals surface area contributed by atoms with Crippen LogP contribution in [0.25, 0.3) is 5.76 Å². The summed E-state index contributed by atoms with van der Waals surface area (Å²) in [6, 6.07) is 15.8. The lowest BCUT2D eigenvalue weighted by Crippen LogP contribution is -2.29. The molecule has 1 N–H and O–H groups in total. The Balaban J connectivity index is 1.89. The minimum Gasteiger partial charge on any atom is -0.507 e. The number of carbonyl (C=O) groups is 2. The molecule has 0 saturated carbocycles. The highest BCUT2D eigenvalue weighted by Crippen LogP contribution is 2.44. The molecule has 0 spiro atoms. The largest absolute Gasteiger partial charge is 0.507 e. The van der Waals surface area contributed by atoms with Crippen molar-refractivity contribution >= 4 is 46.3 Å². The van der Waals surface area contributed by atoms with Crippen LogP contribution in [-0.4, -0.2) is 37.1 Å². The maximum atomic E-state index is 13.4. The Bertz CT molecular complexity index is 1330. The number of carbonyl (C=O) groups excluding carboxylic acids is 2. The number of rotatable bonds is 8. The second kappa shape index (κ2) is 11.2. The number of anilines is 1. The van der Waals surface area contributed by atoms with Crippen LogP contribution >= 0.6 is 23.2 Å². The normalized spacial score (nSPS) is 16.7. The zero-order valence-electron chi connectivity index (χ0n) is 20.5. The van der Waals surface area contributed by atoms with Crippen LogP contribution < -0.4 is 19.1 Å². The van der Waals surface area contributed by atoms with Gasteiger partial charge in [-0.1, -0.05) is 35.3 Å². The lowest BCUT2D eigenvalue weighted by Gasteiger charge is -2.26. The van der Waals surface area contributed by atoms with Gasteiger partial charge in [-0.2, -0.15) is 0 Å². The van der Waals surface area contributed by atoms with E-state index in [1.54, 1.807) is 48.5 Å². The predicted octanol–water partition coefficient (Wildman–Crippen LogP) is 6.43. The molecule has 1 fully saturated rings. The maximum Gasteiger partial charge on any atom is 0.300 e. The minimum absolute atomic E-state index is 0.0969. The van der Waals surface area contributed by atoms with Gasteiger partial charge in [0.05, 0.1) is 42.0 Å². The molecule has 1 unspecified atom stereocenters. The topological polar surface area (TPSA) is 85.3 Å². The fraction of sp³-hybridized carbons (Fsp3) is 0.214. The number of methoxy groups -OCH3 is 1. The quantitative estimate of drug-likeness (QED) is 0.201. The second-order valence-corrected chi connectivity index (χ2v) is 8.89. The Hall–Kier alpha value is -3.68. The summed E-state index contributed by atoms with van der Waals surface area (Å²) in [5, 5.41) is 11.6. The average Bonchev–Trinajstić information content (AvgIpc) is 3.15. The zero-order valence-corrected chi connectivity index (χ0v) is 22.0. The summed E-state index contributed by atoms with van der Waals surface area (Å²) >= 11 is 12.6. The molecule has 0 aromatic heterocycles. The number of amides is 1. The Kier molecular flexibility index (Phi) is 7.95. The summed E-state index contributed by atoms with van der Waals surface area (Å²) in [5.41, 5.74) is 1.15. The van der Waals surface area contributed by atoms with Crippen LogP contribution in [0, 0.1) is 0 Å². The molecule has 0 radical (unpaired) electrons. The molecule has 3 aromatic rings. The van der Waals surface area contributed by atoms with Gasteiger partial charge in [0, 0.05) is 11.3 Å². The number of ketones is 1.